The number of carbonyl (C=O) groups is 3. The first-order chi connectivity index (χ1) is 13.5. The normalized spacial score (nSPS) is 18.5. The van der Waals surface area contributed by atoms with Crippen LogP contribution in [-0.2, 0) is 14.4 Å². The van der Waals surface area contributed by atoms with E-state index in [0.717, 1.165) is 5.56 Å². The summed E-state index contributed by atoms with van der Waals surface area (Å²) < 4.78 is 5.33. The number of likely N-dealkylation sites (tertiary alicyclic amines) is 1. The molecule has 0 spiro atoms. The molecule has 3 rings (SSSR count). The quantitative estimate of drug-likeness (QED) is 0.757. The summed E-state index contributed by atoms with van der Waals surface area (Å²) in [6.07, 6.45) is 0. The molecule has 2 unspecified atom stereocenters. The molecule has 0 bridgehead atoms. The molecule has 1 fully saturated rings. The Labute approximate surface area is 162 Å². The lowest BCUT2D eigenvalue weighted by Crippen LogP contribution is -2.40. The zero-order chi connectivity index (χ0) is 19.9. The van der Waals surface area contributed by atoms with Crippen LogP contribution in [0.1, 0.15) is 11.5 Å². The Morgan fingerprint density at radius 2 is 1.64 bits per heavy atom. The van der Waals surface area contributed by atoms with E-state index in [9.17, 15) is 19.5 Å². The van der Waals surface area contributed by atoms with Crippen molar-refractivity contribution < 1.29 is 24.2 Å². The zero-order valence-electron chi connectivity index (χ0n) is 15.3. The van der Waals surface area contributed by atoms with Crippen LogP contribution in [0.15, 0.2) is 60.7 Å². The minimum atomic E-state index is -0.926. The smallest absolute Gasteiger partial charge is 0.308 e. The van der Waals surface area contributed by atoms with Gasteiger partial charge in [-0.1, -0.05) is 48.5 Å². The van der Waals surface area contributed by atoms with Gasteiger partial charge in [0.2, 0.25) is 5.91 Å². The molecule has 1 saturated heterocycles. The van der Waals surface area contributed by atoms with Crippen molar-refractivity contribution in [1.29, 1.82) is 0 Å². The van der Waals surface area contributed by atoms with Crippen LogP contribution in [0.4, 0.5) is 0 Å². The number of benzene rings is 2. The molecule has 2 aromatic carbocycles. The van der Waals surface area contributed by atoms with Gasteiger partial charge in [0, 0.05) is 19.0 Å². The Bertz CT molecular complexity index is 825. The Morgan fingerprint density at radius 3 is 2.29 bits per heavy atom. The van der Waals surface area contributed by atoms with E-state index in [1.807, 2.05) is 36.4 Å². The number of hydrogen-bond donors (Lipinski definition) is 2. The van der Waals surface area contributed by atoms with Crippen molar-refractivity contribution in [2.75, 3.05) is 26.2 Å². The summed E-state index contributed by atoms with van der Waals surface area (Å²) in [7, 11) is 0. The van der Waals surface area contributed by atoms with Crippen molar-refractivity contribution in [2.24, 2.45) is 5.92 Å². The van der Waals surface area contributed by atoms with Gasteiger partial charge in [0.15, 0.2) is 6.61 Å². The molecule has 0 radical (unpaired) electrons. The Morgan fingerprint density at radius 1 is 1.00 bits per heavy atom. The molecule has 0 saturated carbocycles. The number of para-hydroxylation sites is 1. The Kier molecular flexibility index (Phi) is 6.26. The Hall–Kier alpha value is -3.35. The highest BCUT2D eigenvalue weighted by atomic mass is 16.5. The maximum atomic E-state index is 12.4. The fourth-order valence-corrected chi connectivity index (χ4v) is 3.30. The van der Waals surface area contributed by atoms with Crippen molar-refractivity contribution >= 4 is 17.8 Å². The summed E-state index contributed by atoms with van der Waals surface area (Å²) in [5.41, 5.74) is 0.894. The van der Waals surface area contributed by atoms with Crippen LogP contribution in [0.2, 0.25) is 0 Å². The summed E-state index contributed by atoms with van der Waals surface area (Å²) in [5.74, 6) is -2.00. The summed E-state index contributed by atoms with van der Waals surface area (Å²) in [6.45, 7) is 0.0623. The lowest BCUT2D eigenvalue weighted by Gasteiger charge is -2.17. The fourth-order valence-electron chi connectivity index (χ4n) is 3.30. The first-order valence-corrected chi connectivity index (χ1v) is 9.04. The van der Waals surface area contributed by atoms with Gasteiger partial charge in [-0.3, -0.25) is 14.4 Å². The SMILES string of the molecule is O=C(COc1ccccc1)NCC(=O)N1CC(C(=O)O)C(c2ccccc2)C1. The van der Waals surface area contributed by atoms with Gasteiger partial charge in [-0.05, 0) is 17.7 Å². The number of carboxylic acid groups (broad SMARTS) is 1. The molecule has 28 heavy (non-hydrogen) atoms. The van der Waals surface area contributed by atoms with Gasteiger partial charge in [-0.15, -0.1) is 0 Å². The van der Waals surface area contributed by atoms with Gasteiger partial charge in [0.05, 0.1) is 12.5 Å². The van der Waals surface area contributed by atoms with E-state index in [4.69, 9.17) is 4.74 Å². The van der Waals surface area contributed by atoms with Gasteiger partial charge in [-0.2, -0.15) is 0 Å². The number of aliphatic carboxylic acids is 1. The summed E-state index contributed by atoms with van der Waals surface area (Å²) in [5, 5.41) is 12.0. The van der Waals surface area contributed by atoms with E-state index >= 15 is 0 Å². The highest BCUT2D eigenvalue weighted by Crippen LogP contribution is 2.32. The molecule has 2 amide bonds. The monoisotopic (exact) mass is 382 g/mol. The molecule has 1 aliphatic heterocycles. The lowest BCUT2D eigenvalue weighted by molar-refractivity contribution is -0.142. The first-order valence-electron chi connectivity index (χ1n) is 9.04. The van der Waals surface area contributed by atoms with Crippen molar-refractivity contribution in [3.63, 3.8) is 0 Å². The van der Waals surface area contributed by atoms with Gasteiger partial charge >= 0.3 is 5.97 Å². The second kappa shape index (κ2) is 9.03. The predicted octanol–water partition coefficient (Wildman–Crippen LogP) is 1.51. The second-order valence-electron chi connectivity index (χ2n) is 6.64. The molecule has 2 aromatic rings. The molecule has 2 atom stereocenters. The average Bonchev–Trinajstić information content (AvgIpc) is 3.18. The molecule has 7 heteroatoms. The lowest BCUT2D eigenvalue weighted by atomic mass is 9.89. The number of amides is 2. The van der Waals surface area contributed by atoms with Crippen LogP contribution in [0.25, 0.3) is 0 Å². The summed E-state index contributed by atoms with van der Waals surface area (Å²) in [6, 6.07) is 18.2. The van der Waals surface area contributed by atoms with Crippen LogP contribution in [-0.4, -0.2) is 54.0 Å². The van der Waals surface area contributed by atoms with E-state index in [0.29, 0.717) is 12.3 Å². The van der Waals surface area contributed by atoms with Crippen LogP contribution >= 0.6 is 0 Å². The number of ether oxygens (including phenoxy) is 1. The molecule has 1 heterocycles. The molecule has 0 aliphatic carbocycles. The van der Waals surface area contributed by atoms with Crippen LogP contribution < -0.4 is 10.1 Å². The minimum absolute atomic E-state index is 0.129. The molecule has 2 N–H and O–H groups in total. The van der Waals surface area contributed by atoms with E-state index in [2.05, 4.69) is 5.32 Å². The third kappa shape index (κ3) is 4.88. The van der Waals surface area contributed by atoms with Crippen LogP contribution in [0.5, 0.6) is 5.75 Å². The number of nitrogens with zero attached hydrogens (tertiary/aromatic N) is 1. The second-order valence-corrected chi connectivity index (χ2v) is 6.64. The predicted molar refractivity (Wildman–Crippen MR) is 102 cm³/mol. The average molecular weight is 382 g/mol. The maximum absolute atomic E-state index is 12.4. The fraction of sp³-hybridized carbons (Fsp3) is 0.286. The summed E-state index contributed by atoms with van der Waals surface area (Å²) >= 11 is 0. The van der Waals surface area contributed by atoms with Crippen molar-refractivity contribution in [2.45, 2.75) is 5.92 Å². The van der Waals surface area contributed by atoms with Gasteiger partial charge in [0.1, 0.15) is 5.75 Å². The number of nitrogens with one attached hydrogen (secondary N) is 1. The number of rotatable bonds is 7. The minimum Gasteiger partial charge on any atom is -0.484 e. The third-order valence-corrected chi connectivity index (χ3v) is 4.77. The molecular formula is C21H22N2O5. The van der Waals surface area contributed by atoms with Gasteiger partial charge < -0.3 is 20.1 Å². The molecule has 1 aliphatic rings. The van der Waals surface area contributed by atoms with Gasteiger partial charge in [0.25, 0.3) is 5.91 Å². The molecule has 7 nitrogen and oxygen atoms in total. The van der Waals surface area contributed by atoms with E-state index in [-0.39, 0.29) is 31.5 Å². The van der Waals surface area contributed by atoms with Gasteiger partial charge in [-0.25, -0.2) is 0 Å². The van der Waals surface area contributed by atoms with Crippen molar-refractivity contribution in [3.05, 3.63) is 66.2 Å². The van der Waals surface area contributed by atoms with E-state index in [1.165, 1.54) is 4.90 Å². The topological polar surface area (TPSA) is 95.9 Å². The largest absolute Gasteiger partial charge is 0.484 e. The van der Waals surface area contributed by atoms with Crippen LogP contribution in [0, 0.1) is 5.92 Å². The highest BCUT2D eigenvalue weighted by molar-refractivity contribution is 5.86. The van der Waals surface area contributed by atoms with Crippen LogP contribution in [0.3, 0.4) is 0 Å². The zero-order valence-corrected chi connectivity index (χ0v) is 15.3. The summed E-state index contributed by atoms with van der Waals surface area (Å²) in [4.78, 5) is 37.4. The third-order valence-electron chi connectivity index (χ3n) is 4.77. The molecule has 146 valence electrons. The molecule has 0 aromatic heterocycles. The number of hydrogen-bond acceptors (Lipinski definition) is 4. The maximum Gasteiger partial charge on any atom is 0.308 e. The first kappa shape index (κ1) is 19.4. The van der Waals surface area contributed by atoms with Crippen molar-refractivity contribution in [3.8, 4) is 5.75 Å². The highest BCUT2D eigenvalue weighted by Gasteiger charge is 2.40. The molecular weight excluding hydrogens is 360 g/mol. The number of carboxylic acids is 1. The van der Waals surface area contributed by atoms with Crippen molar-refractivity contribution in [1.82, 2.24) is 10.2 Å². The van der Waals surface area contributed by atoms with E-state index < -0.39 is 17.8 Å². The Balaban J connectivity index is 1.51. The standard InChI is InChI=1S/C21H22N2O5/c24-19(14-28-16-9-5-2-6-10-16)22-11-20(25)23-12-17(18(13-23)21(26)27)15-7-3-1-4-8-15/h1-10,17-18H,11-14H2,(H,22,24)(H,26,27). The number of carbonyl (C=O) groups excluding carboxylic acids is 2. The van der Waals surface area contributed by atoms with E-state index in [1.54, 1.807) is 24.3 Å².